The Hall–Kier alpha value is -3.71. The summed E-state index contributed by atoms with van der Waals surface area (Å²) in [5.74, 6) is -2.92. The number of nitrogens with one attached hydrogen (secondary N) is 2. The lowest BCUT2D eigenvalue weighted by Gasteiger charge is -2.19. The number of nitrogens with zero attached hydrogens (tertiary/aromatic N) is 2. The molecule has 0 saturated heterocycles. The van der Waals surface area contributed by atoms with Crippen LogP contribution >= 0.6 is 11.6 Å². The van der Waals surface area contributed by atoms with Crippen molar-refractivity contribution in [3.05, 3.63) is 69.0 Å². The van der Waals surface area contributed by atoms with Gasteiger partial charge in [-0.25, -0.2) is 14.4 Å². The summed E-state index contributed by atoms with van der Waals surface area (Å²) in [5, 5.41) is 2.60. The molecule has 0 spiro atoms. The Bertz CT molecular complexity index is 1290. The van der Waals surface area contributed by atoms with Crippen molar-refractivity contribution < 1.29 is 36.6 Å². The minimum absolute atomic E-state index is 0.0787. The van der Waals surface area contributed by atoms with E-state index in [1.807, 2.05) is 0 Å². The number of hydrogen-bond donors (Lipinski definition) is 2. The first-order chi connectivity index (χ1) is 16.5. The van der Waals surface area contributed by atoms with Crippen LogP contribution in [0.2, 0.25) is 5.02 Å². The number of carbonyl (C=O) groups is 1. The molecule has 14 heteroatoms. The highest BCUT2D eigenvalue weighted by molar-refractivity contribution is 6.33. The predicted octanol–water partition coefficient (Wildman–Crippen LogP) is 3.65. The Morgan fingerprint density at radius 1 is 1.23 bits per heavy atom. The Balaban J connectivity index is 1.88. The molecule has 0 aliphatic carbocycles. The third-order valence-electron chi connectivity index (χ3n) is 4.47. The second-order valence-corrected chi connectivity index (χ2v) is 7.31. The number of methoxy groups -OCH3 is 2. The van der Waals surface area contributed by atoms with E-state index in [-0.39, 0.29) is 34.4 Å². The second-order valence-electron chi connectivity index (χ2n) is 6.90. The second kappa shape index (κ2) is 10.7. The van der Waals surface area contributed by atoms with E-state index in [0.29, 0.717) is 5.75 Å². The maximum Gasteiger partial charge on any atom is 0.573 e. The van der Waals surface area contributed by atoms with Gasteiger partial charge >= 0.3 is 6.36 Å². The third kappa shape index (κ3) is 6.67. The van der Waals surface area contributed by atoms with Crippen molar-refractivity contribution in [1.82, 2.24) is 20.3 Å². The number of aromatic amines is 1. The van der Waals surface area contributed by atoms with Crippen LogP contribution in [0.3, 0.4) is 0 Å². The fourth-order valence-corrected chi connectivity index (χ4v) is 3.20. The van der Waals surface area contributed by atoms with Gasteiger partial charge in [-0.15, -0.1) is 13.2 Å². The number of aromatic nitrogens is 3. The zero-order valence-corrected chi connectivity index (χ0v) is 18.8. The number of hydrogen-bond acceptors (Lipinski definition) is 7. The molecule has 1 aromatic carbocycles. The molecule has 3 rings (SSSR count). The summed E-state index contributed by atoms with van der Waals surface area (Å²) in [5.41, 5.74) is -0.847. The van der Waals surface area contributed by atoms with E-state index in [9.17, 15) is 27.2 Å². The molecule has 1 amide bonds. The molecule has 0 unspecified atom stereocenters. The van der Waals surface area contributed by atoms with Crippen LogP contribution in [0.25, 0.3) is 11.5 Å². The number of amides is 1. The van der Waals surface area contributed by atoms with Crippen LogP contribution in [0, 0.1) is 5.82 Å². The lowest BCUT2D eigenvalue weighted by molar-refractivity contribution is -0.275. The summed E-state index contributed by atoms with van der Waals surface area (Å²) in [4.78, 5) is 35.6. The molecule has 3 aromatic rings. The average Bonchev–Trinajstić information content (AvgIpc) is 2.78. The van der Waals surface area contributed by atoms with Crippen LogP contribution in [0.1, 0.15) is 22.1 Å². The smallest absolute Gasteiger partial charge is 0.495 e. The molecule has 2 aromatic heterocycles. The summed E-state index contributed by atoms with van der Waals surface area (Å²) < 4.78 is 65.0. The summed E-state index contributed by atoms with van der Waals surface area (Å²) in [6.07, 6.45) is -3.74. The number of pyridine rings is 1. The average molecular weight is 517 g/mol. The minimum atomic E-state index is -5.08. The number of ether oxygens (including phenoxy) is 3. The van der Waals surface area contributed by atoms with E-state index >= 15 is 0 Å². The minimum Gasteiger partial charge on any atom is -0.495 e. The normalized spacial score (nSPS) is 12.2. The van der Waals surface area contributed by atoms with E-state index in [0.717, 1.165) is 24.3 Å². The largest absolute Gasteiger partial charge is 0.573 e. The Labute approximate surface area is 200 Å². The van der Waals surface area contributed by atoms with Gasteiger partial charge in [0.2, 0.25) is 0 Å². The van der Waals surface area contributed by atoms with E-state index in [1.165, 1.54) is 26.5 Å². The maximum absolute atomic E-state index is 14.2. The van der Waals surface area contributed by atoms with Crippen molar-refractivity contribution in [2.24, 2.45) is 0 Å². The van der Waals surface area contributed by atoms with Gasteiger partial charge in [-0.3, -0.25) is 9.59 Å². The van der Waals surface area contributed by atoms with E-state index in [4.69, 9.17) is 21.1 Å². The number of alkyl halides is 3. The van der Waals surface area contributed by atoms with Crippen molar-refractivity contribution in [3.8, 4) is 23.0 Å². The number of benzene rings is 1. The molecule has 186 valence electrons. The van der Waals surface area contributed by atoms with Crippen LogP contribution in [0.4, 0.5) is 17.6 Å². The van der Waals surface area contributed by atoms with Crippen molar-refractivity contribution >= 4 is 17.5 Å². The molecule has 0 bridgehead atoms. The number of H-pyrrole nitrogens is 1. The van der Waals surface area contributed by atoms with E-state index < -0.39 is 35.4 Å². The van der Waals surface area contributed by atoms with Gasteiger partial charge in [-0.05, 0) is 17.7 Å². The quantitative estimate of drug-likeness (QED) is 0.439. The van der Waals surface area contributed by atoms with Crippen molar-refractivity contribution in [3.63, 3.8) is 0 Å². The highest BCUT2D eigenvalue weighted by Crippen LogP contribution is 2.28. The van der Waals surface area contributed by atoms with Crippen molar-refractivity contribution in [2.45, 2.75) is 12.4 Å². The lowest BCUT2D eigenvalue weighted by Crippen LogP contribution is -2.33. The highest BCUT2D eigenvalue weighted by atomic mass is 35.5. The van der Waals surface area contributed by atoms with Gasteiger partial charge in [-0.2, -0.15) is 0 Å². The van der Waals surface area contributed by atoms with Crippen LogP contribution < -0.4 is 20.3 Å². The van der Waals surface area contributed by atoms with Gasteiger partial charge in [0.15, 0.2) is 17.4 Å². The monoisotopic (exact) mass is 516 g/mol. The summed E-state index contributed by atoms with van der Waals surface area (Å²) in [6.45, 7) is -0.174. The Morgan fingerprint density at radius 3 is 2.57 bits per heavy atom. The molecular formula is C21H17ClF4N4O5. The molecule has 9 nitrogen and oxygen atoms in total. The molecule has 0 aliphatic rings. The van der Waals surface area contributed by atoms with Crippen LogP contribution in [-0.2, 0) is 4.74 Å². The topological polar surface area (TPSA) is 115 Å². The maximum atomic E-state index is 14.2. The van der Waals surface area contributed by atoms with Crippen molar-refractivity contribution in [2.75, 3.05) is 20.8 Å². The molecular weight excluding hydrogens is 500 g/mol. The van der Waals surface area contributed by atoms with E-state index in [1.54, 1.807) is 0 Å². The SMILES string of the molecule is COC[C@@H](NC(=O)c1cc(=O)[nH]c(-c2ncc(OC)cc2Cl)n1)c1ccc(OC(F)(F)F)c(F)c1. The fraction of sp³-hybridized carbons (Fsp3) is 0.238. The van der Waals surface area contributed by atoms with Gasteiger partial charge in [0.1, 0.15) is 17.1 Å². The summed E-state index contributed by atoms with van der Waals surface area (Å²) in [7, 11) is 2.72. The third-order valence-corrected chi connectivity index (χ3v) is 4.76. The molecule has 0 aliphatic heterocycles. The molecule has 2 heterocycles. The zero-order chi connectivity index (χ0) is 25.8. The predicted molar refractivity (Wildman–Crippen MR) is 115 cm³/mol. The van der Waals surface area contributed by atoms with Crippen LogP contribution in [0.5, 0.6) is 11.5 Å². The van der Waals surface area contributed by atoms with E-state index in [2.05, 4.69) is 25.0 Å². The molecule has 1 atom stereocenters. The van der Waals surface area contributed by atoms with Crippen molar-refractivity contribution in [1.29, 1.82) is 0 Å². The molecule has 0 saturated carbocycles. The molecule has 35 heavy (non-hydrogen) atoms. The summed E-state index contributed by atoms with van der Waals surface area (Å²) >= 11 is 6.16. The standard InChI is InChI=1S/C21H17ClF4N4O5/c1-33-9-15(10-3-4-16(13(23)5-10)35-21(24,25)26)29-20(32)14-7-17(31)30-19(28-14)18-12(22)6-11(34-2)8-27-18/h3-8,15H,9H2,1-2H3,(H,29,32)(H,28,30,31)/t15-/m1/s1. The number of halogens is 5. The first-order valence-electron chi connectivity index (χ1n) is 9.67. The van der Waals surface area contributed by atoms with Gasteiger partial charge in [0, 0.05) is 19.2 Å². The zero-order valence-electron chi connectivity index (χ0n) is 18.1. The van der Waals surface area contributed by atoms with Crippen LogP contribution in [-0.4, -0.2) is 48.0 Å². The van der Waals surface area contributed by atoms with Gasteiger partial charge in [-0.1, -0.05) is 17.7 Å². The first-order valence-corrected chi connectivity index (χ1v) is 10.0. The highest BCUT2D eigenvalue weighted by Gasteiger charge is 2.32. The first kappa shape index (κ1) is 25.9. The molecule has 2 N–H and O–H groups in total. The van der Waals surface area contributed by atoms with Gasteiger partial charge < -0.3 is 24.5 Å². The lowest BCUT2D eigenvalue weighted by atomic mass is 10.1. The summed E-state index contributed by atoms with van der Waals surface area (Å²) in [6, 6.07) is 4.02. The molecule has 0 fully saturated rings. The Morgan fingerprint density at radius 2 is 1.97 bits per heavy atom. The number of rotatable bonds is 8. The fourth-order valence-electron chi connectivity index (χ4n) is 2.95. The van der Waals surface area contributed by atoms with Gasteiger partial charge in [0.25, 0.3) is 11.5 Å². The number of carbonyl (C=O) groups excluding carboxylic acids is 1. The molecule has 0 radical (unpaired) electrons. The van der Waals surface area contributed by atoms with Crippen LogP contribution in [0.15, 0.2) is 41.3 Å². The van der Waals surface area contributed by atoms with Gasteiger partial charge in [0.05, 0.1) is 31.0 Å². The Kier molecular flexibility index (Phi) is 7.92.